The number of hydrogen-bond donors (Lipinski definition) is 2. The van der Waals surface area contributed by atoms with Crippen molar-refractivity contribution in [3.05, 3.63) is 35.6 Å². The maximum absolute atomic E-state index is 13.0. The van der Waals surface area contributed by atoms with Crippen LogP contribution in [0.3, 0.4) is 0 Å². The van der Waals surface area contributed by atoms with Gasteiger partial charge in [0.05, 0.1) is 0 Å². The Hall–Kier alpha value is -1.42. The molecule has 0 aliphatic heterocycles. The minimum absolute atomic E-state index is 0.00931. The molecule has 0 bridgehead atoms. The van der Waals surface area contributed by atoms with Crippen molar-refractivity contribution in [1.29, 1.82) is 0 Å². The lowest BCUT2D eigenvalue weighted by Gasteiger charge is -2.16. The number of nitrogens with one attached hydrogen (secondary N) is 1. The Bertz CT molecular complexity index is 355. The van der Waals surface area contributed by atoms with Gasteiger partial charge in [-0.1, -0.05) is 12.1 Å². The van der Waals surface area contributed by atoms with Crippen LogP contribution in [0, 0.1) is 5.82 Å². The van der Waals surface area contributed by atoms with E-state index >= 15 is 0 Å². The van der Waals surface area contributed by atoms with Crippen molar-refractivity contribution in [2.75, 3.05) is 7.05 Å². The first-order chi connectivity index (χ1) is 7.63. The van der Waals surface area contributed by atoms with Crippen molar-refractivity contribution in [2.24, 2.45) is 0 Å². The van der Waals surface area contributed by atoms with Gasteiger partial charge in [0.25, 0.3) is 0 Å². The predicted octanol–water partition coefficient (Wildman–Crippen LogP) is 2.34. The molecule has 0 heterocycles. The largest absolute Gasteiger partial charge is 0.481 e. The third-order valence-electron chi connectivity index (χ3n) is 2.48. The van der Waals surface area contributed by atoms with Gasteiger partial charge in [0, 0.05) is 12.5 Å². The molecule has 0 aliphatic rings. The summed E-state index contributed by atoms with van der Waals surface area (Å²) in [6, 6.07) is 6.38. The summed E-state index contributed by atoms with van der Waals surface area (Å²) in [7, 11) is 1.79. The Balaban J connectivity index is 2.57. The summed E-state index contributed by atoms with van der Waals surface area (Å²) in [6.45, 7) is 0. The summed E-state index contributed by atoms with van der Waals surface area (Å²) >= 11 is 0. The van der Waals surface area contributed by atoms with E-state index in [2.05, 4.69) is 5.32 Å². The van der Waals surface area contributed by atoms with Crippen molar-refractivity contribution in [2.45, 2.75) is 25.3 Å². The molecule has 0 saturated heterocycles. The zero-order valence-electron chi connectivity index (χ0n) is 9.24. The summed E-state index contributed by atoms with van der Waals surface area (Å²) in [4.78, 5) is 10.4. The molecule has 0 saturated carbocycles. The fourth-order valence-corrected chi connectivity index (χ4v) is 1.66. The molecule has 1 aromatic rings. The highest BCUT2D eigenvalue weighted by Crippen LogP contribution is 2.19. The van der Waals surface area contributed by atoms with E-state index in [0.717, 1.165) is 5.56 Å². The standard InChI is InChI=1S/C12H16FNO2/c1-14-11(6-3-7-12(15)16)9-4-2-5-10(13)8-9/h2,4-5,8,11,14H,3,6-7H2,1H3,(H,15,16). The monoisotopic (exact) mass is 225 g/mol. The van der Waals surface area contributed by atoms with E-state index in [1.807, 2.05) is 6.07 Å². The smallest absolute Gasteiger partial charge is 0.303 e. The number of carboxylic acids is 1. The molecular formula is C12H16FNO2. The second kappa shape index (κ2) is 6.23. The van der Waals surface area contributed by atoms with Crippen molar-refractivity contribution in [3.8, 4) is 0 Å². The molecule has 2 N–H and O–H groups in total. The molecule has 88 valence electrons. The summed E-state index contributed by atoms with van der Waals surface area (Å²) in [5.74, 6) is -1.06. The molecule has 1 rings (SSSR count). The number of hydrogen-bond acceptors (Lipinski definition) is 2. The highest BCUT2D eigenvalue weighted by molar-refractivity contribution is 5.66. The Kier molecular flexibility index (Phi) is 4.92. The molecule has 16 heavy (non-hydrogen) atoms. The van der Waals surface area contributed by atoms with Gasteiger partial charge >= 0.3 is 5.97 Å². The Labute approximate surface area is 94.3 Å². The molecule has 1 aromatic carbocycles. The number of aliphatic carboxylic acids is 1. The molecule has 0 aliphatic carbocycles. The van der Waals surface area contributed by atoms with Crippen LogP contribution in [-0.2, 0) is 4.79 Å². The van der Waals surface area contributed by atoms with E-state index in [1.165, 1.54) is 12.1 Å². The number of carboxylic acid groups (broad SMARTS) is 1. The van der Waals surface area contributed by atoms with Crippen LogP contribution in [-0.4, -0.2) is 18.1 Å². The van der Waals surface area contributed by atoms with Crippen LogP contribution in [0.25, 0.3) is 0 Å². The first kappa shape index (κ1) is 12.6. The van der Waals surface area contributed by atoms with E-state index in [4.69, 9.17) is 5.11 Å². The second-order valence-corrected chi connectivity index (χ2v) is 3.68. The highest BCUT2D eigenvalue weighted by atomic mass is 19.1. The number of rotatable bonds is 6. The van der Waals surface area contributed by atoms with E-state index in [0.29, 0.717) is 12.8 Å². The van der Waals surface area contributed by atoms with Crippen LogP contribution in [0.2, 0.25) is 0 Å². The molecule has 4 heteroatoms. The first-order valence-corrected chi connectivity index (χ1v) is 5.28. The first-order valence-electron chi connectivity index (χ1n) is 5.28. The quantitative estimate of drug-likeness (QED) is 0.781. The number of halogens is 1. The van der Waals surface area contributed by atoms with Gasteiger partial charge < -0.3 is 10.4 Å². The van der Waals surface area contributed by atoms with Crippen molar-refractivity contribution < 1.29 is 14.3 Å². The minimum atomic E-state index is -0.797. The van der Waals surface area contributed by atoms with Crippen molar-refractivity contribution in [3.63, 3.8) is 0 Å². The van der Waals surface area contributed by atoms with E-state index < -0.39 is 5.97 Å². The number of benzene rings is 1. The average Bonchev–Trinajstić information content (AvgIpc) is 2.24. The molecule has 1 atom stereocenters. The second-order valence-electron chi connectivity index (χ2n) is 3.68. The van der Waals surface area contributed by atoms with Gasteiger partial charge in [-0.2, -0.15) is 0 Å². The SMILES string of the molecule is CNC(CCCC(=O)O)c1cccc(F)c1. The Morgan fingerprint density at radius 3 is 2.88 bits per heavy atom. The van der Waals surface area contributed by atoms with Crippen LogP contribution in [0.1, 0.15) is 30.9 Å². The van der Waals surface area contributed by atoms with Crippen LogP contribution in [0.4, 0.5) is 4.39 Å². The van der Waals surface area contributed by atoms with Crippen LogP contribution >= 0.6 is 0 Å². The van der Waals surface area contributed by atoms with E-state index in [-0.39, 0.29) is 18.3 Å². The summed E-state index contributed by atoms with van der Waals surface area (Å²) < 4.78 is 13.0. The third kappa shape index (κ3) is 3.98. The summed E-state index contributed by atoms with van der Waals surface area (Å²) in [5.41, 5.74) is 0.855. The fraction of sp³-hybridized carbons (Fsp3) is 0.417. The maximum atomic E-state index is 13.0. The summed E-state index contributed by atoms with van der Waals surface area (Å²) in [5, 5.41) is 11.6. The molecule has 0 radical (unpaired) electrons. The highest BCUT2D eigenvalue weighted by Gasteiger charge is 2.10. The summed E-state index contributed by atoms with van der Waals surface area (Å²) in [6.07, 6.45) is 1.41. The van der Waals surface area contributed by atoms with Crippen LogP contribution in [0.15, 0.2) is 24.3 Å². The molecule has 3 nitrogen and oxygen atoms in total. The van der Waals surface area contributed by atoms with Crippen LogP contribution < -0.4 is 5.32 Å². The predicted molar refractivity (Wildman–Crippen MR) is 59.7 cm³/mol. The lowest BCUT2D eigenvalue weighted by molar-refractivity contribution is -0.137. The molecule has 1 unspecified atom stereocenters. The fourth-order valence-electron chi connectivity index (χ4n) is 1.66. The average molecular weight is 225 g/mol. The molecular weight excluding hydrogens is 209 g/mol. The molecule has 0 aromatic heterocycles. The maximum Gasteiger partial charge on any atom is 0.303 e. The number of carbonyl (C=O) groups is 1. The molecule has 0 spiro atoms. The van der Waals surface area contributed by atoms with Crippen molar-refractivity contribution in [1.82, 2.24) is 5.32 Å². The van der Waals surface area contributed by atoms with Gasteiger partial charge in [-0.15, -0.1) is 0 Å². The topological polar surface area (TPSA) is 49.3 Å². The van der Waals surface area contributed by atoms with Gasteiger partial charge in [-0.05, 0) is 37.6 Å². The molecule has 0 fully saturated rings. The van der Waals surface area contributed by atoms with Gasteiger partial charge in [0.15, 0.2) is 0 Å². The Morgan fingerprint density at radius 1 is 1.56 bits per heavy atom. The van der Waals surface area contributed by atoms with Gasteiger partial charge in [0.2, 0.25) is 0 Å². The lowest BCUT2D eigenvalue weighted by atomic mass is 10.0. The lowest BCUT2D eigenvalue weighted by Crippen LogP contribution is -2.16. The van der Waals surface area contributed by atoms with Gasteiger partial charge in [-0.3, -0.25) is 4.79 Å². The normalized spacial score (nSPS) is 12.4. The zero-order chi connectivity index (χ0) is 12.0. The van der Waals surface area contributed by atoms with E-state index in [9.17, 15) is 9.18 Å². The van der Waals surface area contributed by atoms with Crippen molar-refractivity contribution >= 4 is 5.97 Å². The zero-order valence-corrected chi connectivity index (χ0v) is 9.24. The van der Waals surface area contributed by atoms with Gasteiger partial charge in [0.1, 0.15) is 5.82 Å². The third-order valence-corrected chi connectivity index (χ3v) is 2.48. The Morgan fingerprint density at radius 2 is 2.31 bits per heavy atom. The minimum Gasteiger partial charge on any atom is -0.481 e. The van der Waals surface area contributed by atoms with Crippen LogP contribution in [0.5, 0.6) is 0 Å². The molecule has 0 amide bonds. The van der Waals surface area contributed by atoms with E-state index in [1.54, 1.807) is 13.1 Å². The van der Waals surface area contributed by atoms with Gasteiger partial charge in [-0.25, -0.2) is 4.39 Å².